The lowest BCUT2D eigenvalue weighted by atomic mass is 10.2. The Balaban J connectivity index is 1.37. The number of rotatable bonds is 9. The molecule has 10 heteroatoms. The molecule has 1 fully saturated rings. The van der Waals surface area contributed by atoms with Crippen LogP contribution in [-0.4, -0.2) is 52.9 Å². The molecule has 33 heavy (non-hydrogen) atoms. The normalized spacial score (nSPS) is 13.7. The van der Waals surface area contributed by atoms with Gasteiger partial charge in [-0.1, -0.05) is 6.07 Å². The second kappa shape index (κ2) is 11.3. The third-order valence-corrected chi connectivity index (χ3v) is 6.98. The van der Waals surface area contributed by atoms with E-state index in [0.717, 1.165) is 37.3 Å². The molecular formula is C23H28N6O2S2. The summed E-state index contributed by atoms with van der Waals surface area (Å²) >= 11 is 2.97. The Hall–Kier alpha value is -2.95. The van der Waals surface area contributed by atoms with Gasteiger partial charge in [0.2, 0.25) is 0 Å². The van der Waals surface area contributed by atoms with E-state index in [1.807, 2.05) is 22.9 Å². The largest absolute Gasteiger partial charge is 0.396 e. The lowest BCUT2D eigenvalue weighted by Crippen LogP contribution is -2.36. The maximum absolute atomic E-state index is 12.9. The number of aromatic nitrogens is 1. The molecule has 4 N–H and O–H groups in total. The number of nitrogens with two attached hydrogens (primary N) is 1. The van der Waals surface area contributed by atoms with Crippen LogP contribution >= 0.6 is 22.7 Å². The minimum atomic E-state index is -0.315. The van der Waals surface area contributed by atoms with Crippen molar-refractivity contribution in [2.75, 3.05) is 42.5 Å². The van der Waals surface area contributed by atoms with Crippen LogP contribution in [0.4, 0.5) is 21.9 Å². The molecule has 1 aliphatic rings. The fourth-order valence-corrected chi connectivity index (χ4v) is 5.01. The predicted molar refractivity (Wildman–Crippen MR) is 135 cm³/mol. The Kier molecular flexibility index (Phi) is 7.92. The van der Waals surface area contributed by atoms with E-state index >= 15 is 0 Å². The maximum atomic E-state index is 12.9. The number of anilines is 3. The monoisotopic (exact) mass is 484 g/mol. The molecule has 0 spiro atoms. The summed E-state index contributed by atoms with van der Waals surface area (Å²) in [5, 5.41) is 13.1. The van der Waals surface area contributed by atoms with Crippen molar-refractivity contribution in [1.29, 1.82) is 0 Å². The Morgan fingerprint density at radius 2 is 1.94 bits per heavy atom. The molecule has 4 rings (SSSR count). The number of nitrogen functional groups attached to an aromatic ring is 1. The Labute approximate surface area is 201 Å². The van der Waals surface area contributed by atoms with Gasteiger partial charge in [0.1, 0.15) is 5.69 Å². The standard InChI is InChI=1S/C23H28N6O2S2/c24-19-15-33-16-21(19)27-22(30)20-5-4-17(12-25-20)13-29(10-3-9-28-7-1-2-8-28)23(31)26-18-6-11-32-14-18/h4-6,11-12,14-16H,1-3,7-10,13,24H2,(H,26,31)(H,27,30). The van der Waals surface area contributed by atoms with Crippen molar-refractivity contribution < 1.29 is 9.59 Å². The van der Waals surface area contributed by atoms with Gasteiger partial charge in [0.05, 0.1) is 17.1 Å². The summed E-state index contributed by atoms with van der Waals surface area (Å²) < 4.78 is 0. The number of carbonyl (C=O) groups excluding carboxylic acids is 2. The van der Waals surface area contributed by atoms with Gasteiger partial charge in [0, 0.05) is 35.4 Å². The first-order valence-electron chi connectivity index (χ1n) is 11.0. The molecule has 0 radical (unpaired) electrons. The van der Waals surface area contributed by atoms with Crippen LogP contribution in [0.25, 0.3) is 0 Å². The van der Waals surface area contributed by atoms with Gasteiger partial charge in [-0.2, -0.15) is 11.3 Å². The molecule has 0 atom stereocenters. The molecule has 0 unspecified atom stereocenters. The highest BCUT2D eigenvalue weighted by Gasteiger charge is 2.17. The van der Waals surface area contributed by atoms with Crippen molar-refractivity contribution in [1.82, 2.24) is 14.8 Å². The molecule has 1 aliphatic heterocycles. The van der Waals surface area contributed by atoms with Crippen LogP contribution < -0.4 is 16.4 Å². The highest BCUT2D eigenvalue weighted by Crippen LogP contribution is 2.23. The summed E-state index contributed by atoms with van der Waals surface area (Å²) in [6.45, 7) is 4.34. The molecule has 174 valence electrons. The summed E-state index contributed by atoms with van der Waals surface area (Å²) in [6, 6.07) is 5.26. The number of nitrogens with zero attached hydrogens (tertiary/aromatic N) is 3. The van der Waals surface area contributed by atoms with Gasteiger partial charge in [-0.25, -0.2) is 4.79 Å². The smallest absolute Gasteiger partial charge is 0.322 e. The second-order valence-corrected chi connectivity index (χ2v) is 9.54. The minimum absolute atomic E-state index is 0.135. The van der Waals surface area contributed by atoms with Crippen LogP contribution in [0.3, 0.4) is 0 Å². The van der Waals surface area contributed by atoms with E-state index in [1.165, 1.54) is 24.2 Å². The molecule has 3 aromatic rings. The van der Waals surface area contributed by atoms with Gasteiger partial charge in [-0.3, -0.25) is 9.78 Å². The lowest BCUT2D eigenvalue weighted by Gasteiger charge is -2.24. The number of urea groups is 1. The number of likely N-dealkylation sites (tertiary alicyclic amines) is 1. The number of carbonyl (C=O) groups is 2. The van der Waals surface area contributed by atoms with Crippen molar-refractivity contribution in [3.63, 3.8) is 0 Å². The number of thiophene rings is 2. The van der Waals surface area contributed by atoms with Gasteiger partial charge < -0.3 is 26.2 Å². The first kappa shape index (κ1) is 23.2. The van der Waals surface area contributed by atoms with Crippen LogP contribution in [0.2, 0.25) is 0 Å². The number of hydrogen-bond acceptors (Lipinski definition) is 7. The van der Waals surface area contributed by atoms with Crippen molar-refractivity contribution in [2.24, 2.45) is 0 Å². The molecule has 3 aromatic heterocycles. The SMILES string of the molecule is Nc1cscc1NC(=O)c1ccc(CN(CCCN2CCCC2)C(=O)Nc2ccsc2)cn1. The molecule has 1 saturated heterocycles. The molecule has 8 nitrogen and oxygen atoms in total. The molecule has 0 aromatic carbocycles. The fraction of sp³-hybridized carbons (Fsp3) is 0.348. The van der Waals surface area contributed by atoms with E-state index in [-0.39, 0.29) is 11.9 Å². The molecule has 0 saturated carbocycles. The van der Waals surface area contributed by atoms with Gasteiger partial charge in [0.25, 0.3) is 5.91 Å². The number of amides is 3. The van der Waals surface area contributed by atoms with Crippen molar-refractivity contribution in [3.05, 3.63) is 57.2 Å². The van der Waals surface area contributed by atoms with Crippen LogP contribution in [-0.2, 0) is 6.54 Å². The van der Waals surface area contributed by atoms with Gasteiger partial charge in [-0.05, 0) is 62.0 Å². The Bertz CT molecular complexity index is 1050. The predicted octanol–water partition coefficient (Wildman–Crippen LogP) is 4.56. The van der Waals surface area contributed by atoms with Gasteiger partial charge in [-0.15, -0.1) is 11.3 Å². The first-order valence-corrected chi connectivity index (χ1v) is 12.9. The molecule has 0 bridgehead atoms. The van der Waals surface area contributed by atoms with Crippen LogP contribution in [0.1, 0.15) is 35.3 Å². The van der Waals surface area contributed by atoms with Crippen molar-refractivity contribution in [3.8, 4) is 0 Å². The molecule has 0 aliphatic carbocycles. The third kappa shape index (κ3) is 6.53. The summed E-state index contributed by atoms with van der Waals surface area (Å²) in [6.07, 6.45) is 5.07. The average molecular weight is 485 g/mol. The van der Waals surface area contributed by atoms with Gasteiger partial charge in [0.15, 0.2) is 0 Å². The Morgan fingerprint density at radius 1 is 1.09 bits per heavy atom. The van der Waals surface area contributed by atoms with Gasteiger partial charge >= 0.3 is 6.03 Å². The zero-order valence-electron chi connectivity index (χ0n) is 18.3. The average Bonchev–Trinajstić information content (AvgIpc) is 3.58. The van der Waals surface area contributed by atoms with E-state index in [2.05, 4.69) is 20.5 Å². The lowest BCUT2D eigenvalue weighted by molar-refractivity contribution is 0.102. The van der Waals surface area contributed by atoms with E-state index in [0.29, 0.717) is 30.2 Å². The van der Waals surface area contributed by atoms with Crippen LogP contribution in [0.5, 0.6) is 0 Å². The number of hydrogen-bond donors (Lipinski definition) is 3. The second-order valence-electron chi connectivity index (χ2n) is 8.01. The topological polar surface area (TPSA) is 104 Å². The molecule has 3 amide bonds. The first-order chi connectivity index (χ1) is 16.1. The van der Waals surface area contributed by atoms with E-state index < -0.39 is 0 Å². The zero-order valence-corrected chi connectivity index (χ0v) is 20.0. The summed E-state index contributed by atoms with van der Waals surface area (Å²) in [4.78, 5) is 33.9. The van der Waals surface area contributed by atoms with Crippen molar-refractivity contribution in [2.45, 2.75) is 25.8 Å². The highest BCUT2D eigenvalue weighted by molar-refractivity contribution is 7.09. The summed E-state index contributed by atoms with van der Waals surface area (Å²) in [5.74, 6) is -0.315. The summed E-state index contributed by atoms with van der Waals surface area (Å²) in [7, 11) is 0. The van der Waals surface area contributed by atoms with E-state index in [1.54, 1.807) is 39.3 Å². The fourth-order valence-electron chi connectivity index (χ4n) is 3.75. The number of nitrogens with one attached hydrogen (secondary N) is 2. The van der Waals surface area contributed by atoms with Crippen LogP contribution in [0.15, 0.2) is 45.9 Å². The highest BCUT2D eigenvalue weighted by atomic mass is 32.1. The van der Waals surface area contributed by atoms with E-state index in [4.69, 9.17) is 5.73 Å². The molecule has 4 heterocycles. The quantitative estimate of drug-likeness (QED) is 0.413. The third-order valence-electron chi connectivity index (χ3n) is 5.53. The van der Waals surface area contributed by atoms with Crippen LogP contribution in [0, 0.1) is 0 Å². The zero-order chi connectivity index (χ0) is 23.0. The Morgan fingerprint density at radius 3 is 2.61 bits per heavy atom. The maximum Gasteiger partial charge on any atom is 0.322 e. The van der Waals surface area contributed by atoms with E-state index in [9.17, 15) is 9.59 Å². The molecular weight excluding hydrogens is 456 g/mol. The minimum Gasteiger partial charge on any atom is -0.396 e. The van der Waals surface area contributed by atoms with Crippen molar-refractivity contribution >= 4 is 51.7 Å². The number of pyridine rings is 1. The summed E-state index contributed by atoms with van der Waals surface area (Å²) in [5.41, 5.74) is 8.91.